The van der Waals surface area contributed by atoms with Gasteiger partial charge in [0, 0.05) is 31.7 Å². The van der Waals surface area contributed by atoms with Gasteiger partial charge in [0.1, 0.15) is 5.60 Å². The van der Waals surface area contributed by atoms with Gasteiger partial charge in [0.15, 0.2) is 0 Å². The smallest absolute Gasteiger partial charge is 0.410 e. The molecule has 0 aromatic rings. The zero-order valence-corrected chi connectivity index (χ0v) is 14.2. The van der Waals surface area contributed by atoms with Crippen molar-refractivity contribution in [1.29, 1.82) is 0 Å². The first-order valence-corrected chi connectivity index (χ1v) is 7.92. The van der Waals surface area contributed by atoms with E-state index >= 15 is 0 Å². The largest absolute Gasteiger partial charge is 0.444 e. The fraction of sp³-hybridized carbons (Fsp3) is 0.938. The molecule has 1 atom stereocenters. The normalized spacial score (nSPS) is 19.9. The zero-order valence-electron chi connectivity index (χ0n) is 14.2. The van der Waals surface area contributed by atoms with Gasteiger partial charge in [-0.15, -0.1) is 0 Å². The SMILES string of the molecule is CC(C)(CO)CNCCC1CCN(C(=O)OC(C)(C)C)C1. The molecule has 0 bridgehead atoms. The number of amides is 1. The van der Waals surface area contributed by atoms with E-state index in [4.69, 9.17) is 4.74 Å². The average Bonchev–Trinajstić information content (AvgIpc) is 2.81. The van der Waals surface area contributed by atoms with Crippen molar-refractivity contribution in [2.24, 2.45) is 11.3 Å². The van der Waals surface area contributed by atoms with Crippen LogP contribution >= 0.6 is 0 Å². The van der Waals surface area contributed by atoms with E-state index in [0.29, 0.717) is 5.92 Å². The van der Waals surface area contributed by atoms with Crippen molar-refractivity contribution in [2.45, 2.75) is 53.1 Å². The minimum absolute atomic E-state index is 0.0712. The van der Waals surface area contributed by atoms with Gasteiger partial charge < -0.3 is 20.1 Å². The van der Waals surface area contributed by atoms with E-state index in [2.05, 4.69) is 5.32 Å². The number of carbonyl (C=O) groups excluding carboxylic acids is 1. The zero-order chi connectivity index (χ0) is 16.1. The molecule has 0 radical (unpaired) electrons. The lowest BCUT2D eigenvalue weighted by atomic mass is 9.95. The maximum absolute atomic E-state index is 12.0. The van der Waals surface area contributed by atoms with Crippen LogP contribution in [0.1, 0.15) is 47.5 Å². The molecule has 1 rings (SSSR count). The number of aliphatic hydroxyl groups is 1. The van der Waals surface area contributed by atoms with Crippen LogP contribution in [0.2, 0.25) is 0 Å². The van der Waals surface area contributed by atoms with Crippen LogP contribution in [0.25, 0.3) is 0 Å². The highest BCUT2D eigenvalue weighted by Crippen LogP contribution is 2.21. The number of ether oxygens (including phenoxy) is 1. The first-order chi connectivity index (χ1) is 9.63. The van der Waals surface area contributed by atoms with E-state index in [9.17, 15) is 9.90 Å². The van der Waals surface area contributed by atoms with Gasteiger partial charge >= 0.3 is 6.09 Å². The number of rotatable bonds is 6. The minimum Gasteiger partial charge on any atom is -0.444 e. The van der Waals surface area contributed by atoms with Crippen LogP contribution in [0.5, 0.6) is 0 Å². The molecular weight excluding hydrogens is 268 g/mol. The maximum Gasteiger partial charge on any atom is 0.410 e. The van der Waals surface area contributed by atoms with Gasteiger partial charge in [0.25, 0.3) is 0 Å². The molecule has 1 amide bonds. The number of hydrogen-bond acceptors (Lipinski definition) is 4. The van der Waals surface area contributed by atoms with Crippen LogP contribution in [0.15, 0.2) is 0 Å². The van der Waals surface area contributed by atoms with Crippen LogP contribution in [0.4, 0.5) is 4.79 Å². The first-order valence-electron chi connectivity index (χ1n) is 7.92. The van der Waals surface area contributed by atoms with Gasteiger partial charge in [-0.2, -0.15) is 0 Å². The molecule has 21 heavy (non-hydrogen) atoms. The summed E-state index contributed by atoms with van der Waals surface area (Å²) in [5, 5.41) is 12.6. The van der Waals surface area contributed by atoms with E-state index in [1.54, 1.807) is 0 Å². The van der Waals surface area contributed by atoms with Crippen molar-refractivity contribution in [3.63, 3.8) is 0 Å². The Labute approximate surface area is 129 Å². The summed E-state index contributed by atoms with van der Waals surface area (Å²) in [6.45, 7) is 13.3. The molecule has 5 heteroatoms. The summed E-state index contributed by atoms with van der Waals surface area (Å²) in [6.07, 6.45) is 1.91. The fourth-order valence-corrected chi connectivity index (χ4v) is 2.35. The summed E-state index contributed by atoms with van der Waals surface area (Å²) < 4.78 is 5.40. The molecule has 1 saturated heterocycles. The number of aliphatic hydroxyl groups excluding tert-OH is 1. The van der Waals surface area contributed by atoms with Crippen LogP contribution < -0.4 is 5.32 Å². The summed E-state index contributed by atoms with van der Waals surface area (Å²) in [6, 6.07) is 0. The topological polar surface area (TPSA) is 61.8 Å². The van der Waals surface area contributed by atoms with Crippen molar-refractivity contribution in [3.8, 4) is 0 Å². The Kier molecular flexibility index (Phi) is 6.47. The van der Waals surface area contributed by atoms with E-state index < -0.39 is 5.60 Å². The van der Waals surface area contributed by atoms with E-state index in [-0.39, 0.29) is 18.1 Å². The minimum atomic E-state index is -0.424. The number of nitrogens with zero attached hydrogens (tertiary/aromatic N) is 1. The van der Waals surface area contributed by atoms with Crippen LogP contribution in [-0.2, 0) is 4.74 Å². The summed E-state index contributed by atoms with van der Waals surface area (Å²) in [5.41, 5.74) is -0.495. The maximum atomic E-state index is 12.0. The Balaban J connectivity index is 2.22. The first kappa shape index (κ1) is 18.2. The highest BCUT2D eigenvalue weighted by atomic mass is 16.6. The average molecular weight is 300 g/mol. The number of likely N-dealkylation sites (tertiary alicyclic amines) is 1. The van der Waals surface area contributed by atoms with Gasteiger partial charge in [-0.1, -0.05) is 13.8 Å². The Bertz CT molecular complexity index is 337. The predicted octanol–water partition coefficient (Wildman–Crippen LogP) is 2.24. The van der Waals surface area contributed by atoms with Crippen molar-refractivity contribution >= 4 is 6.09 Å². The lowest BCUT2D eigenvalue weighted by molar-refractivity contribution is 0.0287. The molecule has 1 aliphatic heterocycles. The summed E-state index contributed by atoms with van der Waals surface area (Å²) in [4.78, 5) is 13.8. The van der Waals surface area contributed by atoms with Crippen molar-refractivity contribution in [2.75, 3.05) is 32.8 Å². The lowest BCUT2D eigenvalue weighted by Gasteiger charge is -2.24. The Morgan fingerprint density at radius 3 is 2.57 bits per heavy atom. The second kappa shape index (κ2) is 7.45. The standard InChI is InChI=1S/C16H32N2O3/c1-15(2,3)21-14(20)18-9-7-13(10-18)6-8-17-11-16(4,5)12-19/h13,17,19H,6-12H2,1-5H3. The molecule has 1 heterocycles. The molecule has 0 saturated carbocycles. The molecule has 0 spiro atoms. The van der Waals surface area contributed by atoms with Gasteiger partial charge in [0.2, 0.25) is 0 Å². The van der Waals surface area contributed by atoms with E-state index in [1.807, 2.05) is 39.5 Å². The van der Waals surface area contributed by atoms with Gasteiger partial charge in [0.05, 0.1) is 0 Å². The van der Waals surface area contributed by atoms with Crippen molar-refractivity contribution < 1.29 is 14.6 Å². The molecular formula is C16H32N2O3. The molecule has 5 nitrogen and oxygen atoms in total. The number of carbonyl (C=O) groups is 1. The Morgan fingerprint density at radius 2 is 2.00 bits per heavy atom. The van der Waals surface area contributed by atoms with Crippen molar-refractivity contribution in [1.82, 2.24) is 10.2 Å². The highest BCUT2D eigenvalue weighted by molar-refractivity contribution is 5.68. The quantitative estimate of drug-likeness (QED) is 0.739. The highest BCUT2D eigenvalue weighted by Gasteiger charge is 2.29. The van der Waals surface area contributed by atoms with Gasteiger partial charge in [-0.25, -0.2) is 4.79 Å². The van der Waals surface area contributed by atoms with E-state index in [0.717, 1.165) is 39.0 Å². The fourth-order valence-electron chi connectivity index (χ4n) is 2.35. The molecule has 0 aliphatic carbocycles. The Hall–Kier alpha value is -0.810. The third-order valence-electron chi connectivity index (χ3n) is 3.70. The second-order valence-electron chi connectivity index (χ2n) is 7.87. The molecule has 124 valence electrons. The van der Waals surface area contributed by atoms with Gasteiger partial charge in [-0.3, -0.25) is 0 Å². The lowest BCUT2D eigenvalue weighted by Crippen LogP contribution is -2.36. The number of hydrogen-bond donors (Lipinski definition) is 2. The molecule has 2 N–H and O–H groups in total. The molecule has 1 aliphatic rings. The second-order valence-corrected chi connectivity index (χ2v) is 7.87. The number of nitrogens with one attached hydrogen (secondary N) is 1. The Morgan fingerprint density at radius 1 is 1.33 bits per heavy atom. The predicted molar refractivity (Wildman–Crippen MR) is 84.3 cm³/mol. The monoisotopic (exact) mass is 300 g/mol. The summed E-state index contributed by atoms with van der Waals surface area (Å²) in [7, 11) is 0. The molecule has 0 aromatic carbocycles. The third-order valence-corrected chi connectivity index (χ3v) is 3.70. The summed E-state index contributed by atoms with van der Waals surface area (Å²) in [5.74, 6) is 0.544. The van der Waals surface area contributed by atoms with E-state index in [1.165, 1.54) is 0 Å². The van der Waals surface area contributed by atoms with Crippen LogP contribution in [-0.4, -0.2) is 54.5 Å². The molecule has 0 aromatic heterocycles. The molecule has 1 fully saturated rings. The third kappa shape index (κ3) is 7.14. The van der Waals surface area contributed by atoms with Gasteiger partial charge in [-0.05, 0) is 46.1 Å². The van der Waals surface area contributed by atoms with Crippen LogP contribution in [0, 0.1) is 11.3 Å². The van der Waals surface area contributed by atoms with Crippen molar-refractivity contribution in [3.05, 3.63) is 0 Å². The summed E-state index contributed by atoms with van der Waals surface area (Å²) >= 11 is 0. The van der Waals surface area contributed by atoms with Crippen LogP contribution in [0.3, 0.4) is 0 Å². The molecule has 1 unspecified atom stereocenters.